The third-order valence-electron chi connectivity index (χ3n) is 6.01. The number of rotatable bonds is 6. The van der Waals surface area contributed by atoms with Crippen molar-refractivity contribution >= 4 is 5.91 Å². The Morgan fingerprint density at radius 1 is 1.30 bits per heavy atom. The van der Waals surface area contributed by atoms with Gasteiger partial charge in [0, 0.05) is 25.7 Å². The van der Waals surface area contributed by atoms with Crippen LogP contribution in [-0.4, -0.2) is 67.2 Å². The van der Waals surface area contributed by atoms with E-state index in [4.69, 9.17) is 15.9 Å². The lowest BCUT2D eigenvalue weighted by Crippen LogP contribution is -2.58. The molecule has 146 valence electrons. The average molecular weight is 370 g/mol. The van der Waals surface area contributed by atoms with Gasteiger partial charge in [-0.1, -0.05) is 24.1 Å². The number of carbonyl (C=O) groups excluding carboxylic acids is 1. The van der Waals surface area contributed by atoms with Gasteiger partial charge < -0.3 is 14.4 Å². The molecule has 1 amide bonds. The van der Waals surface area contributed by atoms with Gasteiger partial charge in [0.05, 0.1) is 12.1 Å². The molecule has 1 aromatic carbocycles. The van der Waals surface area contributed by atoms with Crippen molar-refractivity contribution in [1.82, 2.24) is 9.80 Å². The van der Waals surface area contributed by atoms with Crippen molar-refractivity contribution in [3.05, 3.63) is 30.3 Å². The number of para-hydroxylation sites is 1. The van der Waals surface area contributed by atoms with Crippen molar-refractivity contribution in [2.75, 3.05) is 33.9 Å². The SMILES string of the molecule is C#CCN(C)[C@@H]1C[C@@]2(CCCO2)CC[C@H]1N(C)C(=O)COc1ccccc1. The summed E-state index contributed by atoms with van der Waals surface area (Å²) in [6, 6.07) is 9.75. The van der Waals surface area contributed by atoms with Gasteiger partial charge in [-0.05, 0) is 51.3 Å². The summed E-state index contributed by atoms with van der Waals surface area (Å²) in [4.78, 5) is 16.8. The molecule has 0 unspecified atom stereocenters. The summed E-state index contributed by atoms with van der Waals surface area (Å²) < 4.78 is 11.8. The smallest absolute Gasteiger partial charge is 0.260 e. The van der Waals surface area contributed by atoms with Crippen LogP contribution in [0.4, 0.5) is 0 Å². The second-order valence-corrected chi connectivity index (χ2v) is 7.74. The van der Waals surface area contributed by atoms with Crippen LogP contribution in [-0.2, 0) is 9.53 Å². The van der Waals surface area contributed by atoms with Gasteiger partial charge in [-0.15, -0.1) is 6.42 Å². The number of carbonyl (C=O) groups is 1. The molecular weight excluding hydrogens is 340 g/mol. The van der Waals surface area contributed by atoms with Gasteiger partial charge in [0.2, 0.25) is 0 Å². The number of hydrogen-bond donors (Lipinski definition) is 0. The molecule has 1 aliphatic heterocycles. The van der Waals surface area contributed by atoms with E-state index in [1.54, 1.807) is 0 Å². The highest BCUT2D eigenvalue weighted by Gasteiger charge is 2.46. The van der Waals surface area contributed by atoms with Gasteiger partial charge in [-0.2, -0.15) is 0 Å². The van der Waals surface area contributed by atoms with Crippen molar-refractivity contribution in [2.45, 2.75) is 49.8 Å². The molecule has 1 saturated heterocycles. The highest BCUT2D eigenvalue weighted by atomic mass is 16.5. The summed E-state index contributed by atoms with van der Waals surface area (Å²) in [6.07, 6.45) is 10.6. The largest absolute Gasteiger partial charge is 0.484 e. The minimum absolute atomic E-state index is 0.00810. The topological polar surface area (TPSA) is 42.0 Å². The fraction of sp³-hybridized carbons (Fsp3) is 0.591. The van der Waals surface area contributed by atoms with Crippen LogP contribution in [0, 0.1) is 12.3 Å². The minimum atomic E-state index is -0.0333. The summed E-state index contributed by atoms with van der Waals surface area (Å²) >= 11 is 0. The second kappa shape index (κ2) is 8.77. The van der Waals surface area contributed by atoms with Crippen LogP contribution in [0.25, 0.3) is 0 Å². The normalized spacial score (nSPS) is 27.5. The molecule has 27 heavy (non-hydrogen) atoms. The van der Waals surface area contributed by atoms with E-state index < -0.39 is 0 Å². The van der Waals surface area contributed by atoms with Crippen LogP contribution >= 0.6 is 0 Å². The maximum atomic E-state index is 12.8. The average Bonchev–Trinajstić information content (AvgIpc) is 3.14. The monoisotopic (exact) mass is 370 g/mol. The number of terminal acetylenes is 1. The molecule has 2 fully saturated rings. The Balaban J connectivity index is 1.66. The first kappa shape index (κ1) is 19.7. The number of ether oxygens (including phenoxy) is 2. The molecule has 0 N–H and O–H groups in total. The molecule has 0 bridgehead atoms. The maximum absolute atomic E-state index is 12.8. The van der Waals surface area contributed by atoms with Crippen molar-refractivity contribution in [3.8, 4) is 18.1 Å². The maximum Gasteiger partial charge on any atom is 0.260 e. The summed E-state index contributed by atoms with van der Waals surface area (Å²) in [5.74, 6) is 3.44. The first-order valence-corrected chi connectivity index (χ1v) is 9.76. The van der Waals surface area contributed by atoms with E-state index in [9.17, 15) is 4.79 Å². The Morgan fingerprint density at radius 2 is 2.07 bits per heavy atom. The number of nitrogens with zero attached hydrogens (tertiary/aromatic N) is 2. The van der Waals surface area contributed by atoms with E-state index in [0.717, 1.165) is 38.7 Å². The van der Waals surface area contributed by atoms with Gasteiger partial charge >= 0.3 is 0 Å². The highest BCUT2D eigenvalue weighted by molar-refractivity contribution is 5.78. The zero-order chi connectivity index (χ0) is 19.3. The van der Waals surface area contributed by atoms with Gasteiger partial charge in [-0.25, -0.2) is 0 Å². The zero-order valence-electron chi connectivity index (χ0n) is 16.4. The Morgan fingerprint density at radius 3 is 2.74 bits per heavy atom. The Kier molecular flexibility index (Phi) is 6.41. The van der Waals surface area contributed by atoms with Gasteiger partial charge in [0.25, 0.3) is 5.91 Å². The number of hydrogen-bond acceptors (Lipinski definition) is 4. The third kappa shape index (κ3) is 4.63. The van der Waals surface area contributed by atoms with Gasteiger partial charge in [0.1, 0.15) is 5.75 Å². The van der Waals surface area contributed by atoms with Crippen LogP contribution in [0.3, 0.4) is 0 Å². The van der Waals surface area contributed by atoms with Crippen LogP contribution in [0.1, 0.15) is 32.1 Å². The molecule has 1 aromatic rings. The second-order valence-electron chi connectivity index (χ2n) is 7.74. The molecule has 1 spiro atoms. The van der Waals surface area contributed by atoms with Crippen molar-refractivity contribution in [2.24, 2.45) is 0 Å². The first-order chi connectivity index (χ1) is 13.0. The molecule has 5 heteroatoms. The lowest BCUT2D eigenvalue weighted by molar-refractivity contribution is -0.139. The zero-order valence-corrected chi connectivity index (χ0v) is 16.4. The molecule has 1 heterocycles. The summed E-state index contributed by atoms with van der Waals surface area (Å²) in [7, 11) is 3.93. The molecule has 2 aliphatic rings. The summed E-state index contributed by atoms with van der Waals surface area (Å²) in [5, 5.41) is 0. The van der Waals surface area contributed by atoms with Crippen LogP contribution < -0.4 is 4.74 Å². The van der Waals surface area contributed by atoms with E-state index in [-0.39, 0.29) is 30.2 Å². The molecule has 1 saturated carbocycles. The number of benzene rings is 1. The molecule has 3 rings (SSSR count). The molecule has 5 nitrogen and oxygen atoms in total. The quantitative estimate of drug-likeness (QED) is 0.722. The van der Waals surface area contributed by atoms with E-state index in [2.05, 4.69) is 10.8 Å². The lowest BCUT2D eigenvalue weighted by Gasteiger charge is -2.48. The number of amides is 1. The fourth-order valence-electron chi connectivity index (χ4n) is 4.45. The Bertz CT molecular complexity index is 664. The van der Waals surface area contributed by atoms with Crippen molar-refractivity contribution < 1.29 is 14.3 Å². The third-order valence-corrected chi connectivity index (χ3v) is 6.01. The van der Waals surface area contributed by atoms with E-state index in [1.807, 2.05) is 49.3 Å². The number of likely N-dealkylation sites (N-methyl/N-ethyl adjacent to an activating group) is 2. The lowest BCUT2D eigenvalue weighted by atomic mass is 9.76. The van der Waals surface area contributed by atoms with Crippen molar-refractivity contribution in [1.29, 1.82) is 0 Å². The van der Waals surface area contributed by atoms with Gasteiger partial charge in [0.15, 0.2) is 6.61 Å². The van der Waals surface area contributed by atoms with Crippen LogP contribution in [0.5, 0.6) is 5.75 Å². The summed E-state index contributed by atoms with van der Waals surface area (Å²) in [6.45, 7) is 1.46. The molecule has 0 radical (unpaired) electrons. The predicted molar refractivity (Wildman–Crippen MR) is 106 cm³/mol. The molecule has 3 atom stereocenters. The Hall–Kier alpha value is -2.03. The minimum Gasteiger partial charge on any atom is -0.484 e. The molecule has 0 aromatic heterocycles. The first-order valence-electron chi connectivity index (χ1n) is 9.76. The van der Waals surface area contributed by atoms with E-state index in [0.29, 0.717) is 12.3 Å². The van der Waals surface area contributed by atoms with E-state index >= 15 is 0 Å². The van der Waals surface area contributed by atoms with E-state index in [1.165, 1.54) is 0 Å². The van der Waals surface area contributed by atoms with Crippen LogP contribution in [0.15, 0.2) is 30.3 Å². The molecule has 1 aliphatic carbocycles. The Labute approximate surface area is 162 Å². The summed E-state index contributed by atoms with van der Waals surface area (Å²) in [5.41, 5.74) is -0.0333. The highest BCUT2D eigenvalue weighted by Crippen LogP contribution is 2.42. The fourth-order valence-corrected chi connectivity index (χ4v) is 4.45. The standard InChI is InChI=1S/C22H30N2O3/c1-4-14-23(2)20-16-22(12-8-15-27-22)13-11-19(20)24(3)21(25)17-26-18-9-6-5-7-10-18/h1,5-7,9-10,19-20H,8,11-17H2,2-3H3/t19-,20-,22-/m1/s1. The van der Waals surface area contributed by atoms with Crippen molar-refractivity contribution in [3.63, 3.8) is 0 Å². The molecular formula is C22H30N2O3. The van der Waals surface area contributed by atoms with Gasteiger partial charge in [-0.3, -0.25) is 9.69 Å². The predicted octanol–water partition coefficient (Wildman–Crippen LogP) is 2.56. The van der Waals surface area contributed by atoms with Crippen LogP contribution in [0.2, 0.25) is 0 Å².